The first-order valence-corrected chi connectivity index (χ1v) is 8.05. The lowest BCUT2D eigenvalue weighted by Crippen LogP contribution is -2.33. The van der Waals surface area contributed by atoms with E-state index in [0.29, 0.717) is 17.2 Å². The molecule has 4 heteroatoms. The number of rotatable bonds is 7. The van der Waals surface area contributed by atoms with E-state index in [2.05, 4.69) is 19.2 Å². The van der Waals surface area contributed by atoms with Crippen LogP contribution in [-0.2, 0) is 4.79 Å². The van der Waals surface area contributed by atoms with E-state index < -0.39 is 0 Å². The van der Waals surface area contributed by atoms with E-state index in [1.165, 1.54) is 0 Å². The predicted molar refractivity (Wildman–Crippen MR) is 93.4 cm³/mol. The topological polar surface area (TPSA) is 62.1 Å². The SMILES string of the molecule is CC(C)C[C@H](NC(=O)COc1cccc(C#N)c1)c1ccccc1. The van der Waals surface area contributed by atoms with Crippen molar-refractivity contribution in [2.75, 3.05) is 6.61 Å². The van der Waals surface area contributed by atoms with E-state index in [1.54, 1.807) is 24.3 Å². The monoisotopic (exact) mass is 322 g/mol. The summed E-state index contributed by atoms with van der Waals surface area (Å²) in [6, 6.07) is 18.7. The van der Waals surface area contributed by atoms with Crippen LogP contribution in [-0.4, -0.2) is 12.5 Å². The third kappa shape index (κ3) is 5.44. The average Bonchev–Trinajstić information content (AvgIpc) is 2.60. The molecule has 0 aliphatic heterocycles. The minimum atomic E-state index is -0.174. The molecule has 0 aromatic heterocycles. The molecule has 1 N–H and O–H groups in total. The van der Waals surface area contributed by atoms with Crippen molar-refractivity contribution in [1.82, 2.24) is 5.32 Å². The van der Waals surface area contributed by atoms with Crippen molar-refractivity contribution in [2.24, 2.45) is 5.92 Å². The quantitative estimate of drug-likeness (QED) is 0.842. The number of nitriles is 1. The summed E-state index contributed by atoms with van der Waals surface area (Å²) in [6.07, 6.45) is 0.861. The molecule has 124 valence electrons. The summed E-state index contributed by atoms with van der Waals surface area (Å²) >= 11 is 0. The van der Waals surface area contributed by atoms with Crippen LogP contribution in [0.5, 0.6) is 5.75 Å². The second-order valence-corrected chi connectivity index (χ2v) is 6.09. The van der Waals surface area contributed by atoms with Crippen LogP contribution in [0.3, 0.4) is 0 Å². The molecule has 0 bridgehead atoms. The zero-order valence-electron chi connectivity index (χ0n) is 14.0. The molecule has 0 radical (unpaired) electrons. The molecule has 0 aliphatic rings. The van der Waals surface area contributed by atoms with E-state index in [1.807, 2.05) is 36.4 Å². The molecular formula is C20H22N2O2. The van der Waals surface area contributed by atoms with Gasteiger partial charge in [0.25, 0.3) is 5.91 Å². The van der Waals surface area contributed by atoms with Crippen LogP contribution in [0.1, 0.15) is 37.4 Å². The molecule has 0 aliphatic carbocycles. The Morgan fingerprint density at radius 3 is 2.58 bits per heavy atom. The molecule has 0 fully saturated rings. The van der Waals surface area contributed by atoms with Crippen molar-refractivity contribution in [1.29, 1.82) is 5.26 Å². The van der Waals surface area contributed by atoms with Gasteiger partial charge in [0.1, 0.15) is 5.75 Å². The number of carbonyl (C=O) groups excluding carboxylic acids is 1. The van der Waals surface area contributed by atoms with Gasteiger partial charge in [-0.2, -0.15) is 5.26 Å². The minimum Gasteiger partial charge on any atom is -0.484 e. The van der Waals surface area contributed by atoms with Gasteiger partial charge in [-0.15, -0.1) is 0 Å². The van der Waals surface area contributed by atoms with E-state index in [4.69, 9.17) is 10.00 Å². The summed E-state index contributed by atoms with van der Waals surface area (Å²) in [7, 11) is 0. The molecular weight excluding hydrogens is 300 g/mol. The first-order valence-electron chi connectivity index (χ1n) is 8.05. The van der Waals surface area contributed by atoms with Gasteiger partial charge in [0.15, 0.2) is 6.61 Å². The number of amides is 1. The molecule has 2 aromatic carbocycles. The zero-order chi connectivity index (χ0) is 17.4. The fourth-order valence-corrected chi connectivity index (χ4v) is 2.48. The van der Waals surface area contributed by atoms with Crippen LogP contribution in [0.4, 0.5) is 0 Å². The van der Waals surface area contributed by atoms with E-state index >= 15 is 0 Å². The predicted octanol–water partition coefficient (Wildman–Crippen LogP) is 3.84. The highest BCUT2D eigenvalue weighted by molar-refractivity contribution is 5.78. The van der Waals surface area contributed by atoms with Crippen molar-refractivity contribution in [3.8, 4) is 11.8 Å². The Bertz CT molecular complexity index is 705. The lowest BCUT2D eigenvalue weighted by Gasteiger charge is -2.21. The Hall–Kier alpha value is -2.80. The highest BCUT2D eigenvalue weighted by Crippen LogP contribution is 2.21. The van der Waals surface area contributed by atoms with Gasteiger partial charge in [0.05, 0.1) is 17.7 Å². The van der Waals surface area contributed by atoms with Crippen LogP contribution in [0.2, 0.25) is 0 Å². The van der Waals surface area contributed by atoms with Crippen LogP contribution < -0.4 is 10.1 Å². The van der Waals surface area contributed by atoms with Crippen molar-refractivity contribution < 1.29 is 9.53 Å². The average molecular weight is 322 g/mol. The first kappa shape index (κ1) is 17.6. The van der Waals surface area contributed by atoms with Gasteiger partial charge >= 0.3 is 0 Å². The molecule has 2 aromatic rings. The third-order valence-corrected chi connectivity index (χ3v) is 3.58. The second-order valence-electron chi connectivity index (χ2n) is 6.09. The Morgan fingerprint density at radius 2 is 1.92 bits per heavy atom. The number of ether oxygens (including phenoxy) is 1. The van der Waals surface area contributed by atoms with Crippen molar-refractivity contribution in [2.45, 2.75) is 26.3 Å². The first-order chi connectivity index (χ1) is 11.6. The fourth-order valence-electron chi connectivity index (χ4n) is 2.48. The summed E-state index contributed by atoms with van der Waals surface area (Å²) in [5, 5.41) is 11.9. The second kappa shape index (κ2) is 8.73. The van der Waals surface area contributed by atoms with Crippen molar-refractivity contribution in [3.63, 3.8) is 0 Å². The Morgan fingerprint density at radius 1 is 1.17 bits per heavy atom. The van der Waals surface area contributed by atoms with Gasteiger partial charge in [0, 0.05) is 0 Å². The maximum Gasteiger partial charge on any atom is 0.258 e. The molecule has 1 amide bonds. The number of carbonyl (C=O) groups is 1. The summed E-state index contributed by atoms with van der Waals surface area (Å²) in [5.74, 6) is 0.805. The molecule has 0 saturated carbocycles. The Kier molecular flexibility index (Phi) is 6.39. The Balaban J connectivity index is 1.96. The van der Waals surface area contributed by atoms with Crippen LogP contribution in [0, 0.1) is 17.2 Å². The van der Waals surface area contributed by atoms with Crippen molar-refractivity contribution >= 4 is 5.91 Å². The standard InChI is InChI=1S/C20H22N2O2/c1-15(2)11-19(17-8-4-3-5-9-17)22-20(23)14-24-18-10-6-7-16(12-18)13-21/h3-10,12,15,19H,11,14H2,1-2H3,(H,22,23)/t19-/m0/s1. The van der Waals surface area contributed by atoms with E-state index in [0.717, 1.165) is 12.0 Å². The lowest BCUT2D eigenvalue weighted by molar-refractivity contribution is -0.124. The van der Waals surface area contributed by atoms with Gasteiger partial charge in [-0.25, -0.2) is 0 Å². The number of nitrogens with one attached hydrogen (secondary N) is 1. The Labute approximate surface area is 143 Å². The van der Waals surface area contributed by atoms with Gasteiger partial charge < -0.3 is 10.1 Å². The van der Waals surface area contributed by atoms with Gasteiger partial charge in [-0.1, -0.05) is 50.2 Å². The van der Waals surface area contributed by atoms with E-state index in [-0.39, 0.29) is 18.6 Å². The summed E-state index contributed by atoms with van der Waals surface area (Å²) in [5.41, 5.74) is 1.60. The molecule has 0 saturated heterocycles. The molecule has 0 unspecified atom stereocenters. The number of benzene rings is 2. The third-order valence-electron chi connectivity index (χ3n) is 3.58. The fraction of sp³-hybridized carbons (Fsp3) is 0.300. The molecule has 0 spiro atoms. The van der Waals surface area contributed by atoms with Crippen LogP contribution in [0.25, 0.3) is 0 Å². The molecule has 24 heavy (non-hydrogen) atoms. The zero-order valence-corrected chi connectivity index (χ0v) is 14.0. The van der Waals surface area contributed by atoms with Crippen molar-refractivity contribution in [3.05, 3.63) is 65.7 Å². The van der Waals surface area contributed by atoms with Gasteiger partial charge in [-0.05, 0) is 36.1 Å². The number of hydrogen-bond acceptors (Lipinski definition) is 3. The maximum absolute atomic E-state index is 12.2. The largest absolute Gasteiger partial charge is 0.484 e. The van der Waals surface area contributed by atoms with Gasteiger partial charge in [0.2, 0.25) is 0 Å². The van der Waals surface area contributed by atoms with E-state index in [9.17, 15) is 4.79 Å². The smallest absolute Gasteiger partial charge is 0.258 e. The lowest BCUT2D eigenvalue weighted by atomic mass is 9.97. The molecule has 0 heterocycles. The number of nitrogens with zero attached hydrogens (tertiary/aromatic N) is 1. The van der Waals surface area contributed by atoms with Crippen LogP contribution >= 0.6 is 0 Å². The van der Waals surface area contributed by atoms with Gasteiger partial charge in [-0.3, -0.25) is 4.79 Å². The summed E-state index contributed by atoms with van der Waals surface area (Å²) in [6.45, 7) is 4.19. The highest BCUT2D eigenvalue weighted by atomic mass is 16.5. The summed E-state index contributed by atoms with van der Waals surface area (Å²) in [4.78, 5) is 12.2. The summed E-state index contributed by atoms with van der Waals surface area (Å²) < 4.78 is 5.49. The number of hydrogen-bond donors (Lipinski definition) is 1. The highest BCUT2D eigenvalue weighted by Gasteiger charge is 2.16. The normalized spacial score (nSPS) is 11.6. The van der Waals surface area contributed by atoms with Crippen LogP contribution in [0.15, 0.2) is 54.6 Å². The molecule has 2 rings (SSSR count). The minimum absolute atomic E-state index is 0.0345. The molecule has 1 atom stereocenters. The molecule has 4 nitrogen and oxygen atoms in total. The maximum atomic E-state index is 12.2.